The summed E-state index contributed by atoms with van der Waals surface area (Å²) in [6.45, 7) is 6.81. The number of halogens is 1. The van der Waals surface area contributed by atoms with Crippen LogP contribution in [-0.4, -0.2) is 0 Å². The zero-order valence-electron chi connectivity index (χ0n) is 21.9. The van der Waals surface area contributed by atoms with Crippen LogP contribution in [0.4, 0.5) is 0 Å². The van der Waals surface area contributed by atoms with Gasteiger partial charge in [0.05, 0.1) is 0 Å². The molecule has 0 amide bonds. The highest BCUT2D eigenvalue weighted by molar-refractivity contribution is 5.85. The molecule has 0 heterocycles. The van der Waals surface area contributed by atoms with Crippen molar-refractivity contribution in [1.82, 2.24) is 0 Å². The van der Waals surface area contributed by atoms with Gasteiger partial charge in [0.25, 0.3) is 0 Å². The van der Waals surface area contributed by atoms with E-state index in [-0.39, 0.29) is 18.4 Å². The lowest BCUT2D eigenvalue weighted by molar-refractivity contribution is 0.516. The molecule has 2 heteroatoms. The molecule has 0 aromatic heterocycles. The Labute approximate surface area is 208 Å². The Morgan fingerprint density at radius 3 is 1.44 bits per heavy atom. The summed E-state index contributed by atoms with van der Waals surface area (Å²) < 4.78 is 0. The Morgan fingerprint density at radius 1 is 0.594 bits per heavy atom. The number of hydrogen-bond donors (Lipinski definition) is 1. The van der Waals surface area contributed by atoms with Gasteiger partial charge < -0.3 is 5.73 Å². The van der Waals surface area contributed by atoms with E-state index >= 15 is 0 Å². The normalized spacial score (nSPS) is 12.0. The van der Waals surface area contributed by atoms with Gasteiger partial charge in [-0.1, -0.05) is 148 Å². The summed E-state index contributed by atoms with van der Waals surface area (Å²) in [4.78, 5) is 0. The standard InChI is InChI=1S/C30H55N.ClH/c1-4-7-8-9-10-11-12-13-14-15-16-17-18-19-20-21-22-26-30(31)29-25-23-24-27(5-2)28(29)6-3;/h23-25,30H,4-22,26,31H2,1-3H3;1H. The second-order valence-corrected chi connectivity index (χ2v) is 9.74. The van der Waals surface area contributed by atoms with E-state index in [4.69, 9.17) is 5.73 Å². The fourth-order valence-corrected chi connectivity index (χ4v) is 5.01. The molecule has 188 valence electrons. The zero-order chi connectivity index (χ0) is 22.6. The fourth-order valence-electron chi connectivity index (χ4n) is 5.01. The summed E-state index contributed by atoms with van der Waals surface area (Å²) in [5.74, 6) is 0. The molecule has 1 unspecified atom stereocenters. The third-order valence-corrected chi connectivity index (χ3v) is 7.06. The molecule has 32 heavy (non-hydrogen) atoms. The van der Waals surface area contributed by atoms with Crippen LogP contribution in [0.3, 0.4) is 0 Å². The van der Waals surface area contributed by atoms with Crippen LogP contribution >= 0.6 is 12.4 Å². The highest BCUT2D eigenvalue weighted by atomic mass is 35.5. The first kappa shape index (κ1) is 31.5. The minimum Gasteiger partial charge on any atom is -0.324 e. The molecule has 0 bridgehead atoms. The van der Waals surface area contributed by atoms with Crippen molar-refractivity contribution >= 4 is 12.4 Å². The molecule has 1 aromatic carbocycles. The lowest BCUT2D eigenvalue weighted by atomic mass is 9.91. The highest BCUT2D eigenvalue weighted by Crippen LogP contribution is 2.25. The van der Waals surface area contributed by atoms with Gasteiger partial charge in [0, 0.05) is 6.04 Å². The summed E-state index contributed by atoms with van der Waals surface area (Å²) in [5.41, 5.74) is 11.0. The maximum Gasteiger partial charge on any atom is 0.0297 e. The van der Waals surface area contributed by atoms with Gasteiger partial charge in [-0.3, -0.25) is 0 Å². The molecule has 1 atom stereocenters. The van der Waals surface area contributed by atoms with Crippen molar-refractivity contribution in [1.29, 1.82) is 0 Å². The van der Waals surface area contributed by atoms with Crippen LogP contribution in [0.15, 0.2) is 18.2 Å². The topological polar surface area (TPSA) is 26.0 Å². The van der Waals surface area contributed by atoms with Gasteiger partial charge in [0.2, 0.25) is 0 Å². The first-order chi connectivity index (χ1) is 15.2. The third kappa shape index (κ3) is 14.6. The summed E-state index contributed by atoms with van der Waals surface area (Å²) in [6.07, 6.45) is 27.6. The van der Waals surface area contributed by atoms with E-state index < -0.39 is 0 Å². The number of nitrogens with two attached hydrogens (primary N) is 1. The number of aryl methyl sites for hydroxylation is 1. The number of rotatable bonds is 21. The van der Waals surface area contributed by atoms with Crippen molar-refractivity contribution in [3.05, 3.63) is 34.9 Å². The van der Waals surface area contributed by atoms with Gasteiger partial charge in [-0.15, -0.1) is 12.4 Å². The van der Waals surface area contributed by atoms with Crippen molar-refractivity contribution in [2.45, 2.75) is 155 Å². The molecule has 1 nitrogen and oxygen atoms in total. The summed E-state index contributed by atoms with van der Waals surface area (Å²) in [6, 6.07) is 6.95. The van der Waals surface area contributed by atoms with Gasteiger partial charge in [0.15, 0.2) is 0 Å². The summed E-state index contributed by atoms with van der Waals surface area (Å²) in [7, 11) is 0. The van der Waals surface area contributed by atoms with E-state index in [0.29, 0.717) is 0 Å². The van der Waals surface area contributed by atoms with Gasteiger partial charge in [0.1, 0.15) is 0 Å². The maximum absolute atomic E-state index is 6.56. The lowest BCUT2D eigenvalue weighted by Gasteiger charge is -2.18. The fraction of sp³-hybridized carbons (Fsp3) is 0.800. The predicted molar refractivity (Wildman–Crippen MR) is 148 cm³/mol. The quantitative estimate of drug-likeness (QED) is 0.179. The minimum absolute atomic E-state index is 0. The predicted octanol–water partition coefficient (Wildman–Crippen LogP) is 10.3. The minimum atomic E-state index is 0. The average Bonchev–Trinajstić information content (AvgIpc) is 2.80. The van der Waals surface area contributed by atoms with Crippen LogP contribution in [0, 0.1) is 0 Å². The molecular formula is C30H56ClN. The van der Waals surface area contributed by atoms with Crippen molar-refractivity contribution in [2.24, 2.45) is 5.73 Å². The molecule has 0 radical (unpaired) electrons. The smallest absolute Gasteiger partial charge is 0.0297 e. The first-order valence-electron chi connectivity index (χ1n) is 14.1. The monoisotopic (exact) mass is 465 g/mol. The molecule has 2 N–H and O–H groups in total. The molecule has 0 fully saturated rings. The highest BCUT2D eigenvalue weighted by Gasteiger charge is 2.12. The van der Waals surface area contributed by atoms with Crippen LogP contribution in [0.5, 0.6) is 0 Å². The van der Waals surface area contributed by atoms with Crippen LogP contribution in [0.2, 0.25) is 0 Å². The summed E-state index contributed by atoms with van der Waals surface area (Å²) >= 11 is 0. The number of hydrogen-bond acceptors (Lipinski definition) is 1. The van der Waals surface area contributed by atoms with E-state index in [1.54, 1.807) is 0 Å². The van der Waals surface area contributed by atoms with Crippen LogP contribution in [-0.2, 0) is 12.8 Å². The van der Waals surface area contributed by atoms with E-state index in [9.17, 15) is 0 Å². The Bertz CT molecular complexity index is 528. The van der Waals surface area contributed by atoms with E-state index in [1.807, 2.05) is 0 Å². The van der Waals surface area contributed by atoms with Gasteiger partial charge in [-0.2, -0.15) is 0 Å². The SMILES string of the molecule is CCCCCCCCCCCCCCCCCCCC(N)c1cccc(CC)c1CC.Cl. The maximum atomic E-state index is 6.56. The van der Waals surface area contributed by atoms with Crippen molar-refractivity contribution in [3.8, 4) is 0 Å². The molecule has 0 spiro atoms. The molecule has 0 aliphatic rings. The third-order valence-electron chi connectivity index (χ3n) is 7.06. The molecule has 0 aliphatic heterocycles. The Hall–Kier alpha value is -0.530. The van der Waals surface area contributed by atoms with Crippen LogP contribution in [0.25, 0.3) is 0 Å². The molecule has 0 saturated carbocycles. The molecule has 0 saturated heterocycles. The second-order valence-electron chi connectivity index (χ2n) is 9.74. The van der Waals surface area contributed by atoms with Crippen LogP contribution < -0.4 is 5.73 Å². The Kier molecular flexibility index (Phi) is 21.9. The van der Waals surface area contributed by atoms with E-state index in [0.717, 1.165) is 19.3 Å². The van der Waals surface area contributed by atoms with Crippen molar-refractivity contribution in [2.75, 3.05) is 0 Å². The van der Waals surface area contributed by atoms with E-state index in [2.05, 4.69) is 39.0 Å². The van der Waals surface area contributed by atoms with Gasteiger partial charge in [-0.05, 0) is 36.0 Å². The van der Waals surface area contributed by atoms with Gasteiger partial charge >= 0.3 is 0 Å². The molecule has 1 aromatic rings. The van der Waals surface area contributed by atoms with Crippen molar-refractivity contribution < 1.29 is 0 Å². The summed E-state index contributed by atoms with van der Waals surface area (Å²) in [5, 5.41) is 0. The largest absolute Gasteiger partial charge is 0.324 e. The van der Waals surface area contributed by atoms with E-state index in [1.165, 1.54) is 126 Å². The van der Waals surface area contributed by atoms with Crippen molar-refractivity contribution in [3.63, 3.8) is 0 Å². The molecular weight excluding hydrogens is 410 g/mol. The van der Waals surface area contributed by atoms with Gasteiger partial charge in [-0.25, -0.2) is 0 Å². The van der Waals surface area contributed by atoms with Crippen LogP contribution in [0.1, 0.15) is 159 Å². The molecule has 0 aliphatic carbocycles. The average molecular weight is 466 g/mol. The Balaban J connectivity index is 0.00000961. The number of benzene rings is 1. The second kappa shape index (κ2) is 22.3. The lowest BCUT2D eigenvalue weighted by Crippen LogP contribution is -2.13. The molecule has 1 rings (SSSR count). The Morgan fingerprint density at radius 2 is 1.03 bits per heavy atom. The first-order valence-corrected chi connectivity index (χ1v) is 14.1. The number of unbranched alkanes of at least 4 members (excludes halogenated alkanes) is 16. The zero-order valence-corrected chi connectivity index (χ0v) is 22.8.